The third-order valence-electron chi connectivity index (χ3n) is 4.78. The molecule has 3 rings (SSSR count). The largest absolute Gasteiger partial charge is 0.493 e. The maximum Gasteiger partial charge on any atom is 0.238 e. The highest BCUT2D eigenvalue weighted by Crippen LogP contribution is 2.28. The van der Waals surface area contributed by atoms with Gasteiger partial charge in [0.25, 0.3) is 0 Å². The average molecular weight is 392 g/mol. The van der Waals surface area contributed by atoms with Crippen LogP contribution in [-0.2, 0) is 11.3 Å². The van der Waals surface area contributed by atoms with Crippen molar-refractivity contribution in [1.29, 1.82) is 0 Å². The second-order valence-corrected chi connectivity index (χ2v) is 6.83. The summed E-state index contributed by atoms with van der Waals surface area (Å²) >= 11 is 0. The quantitative estimate of drug-likeness (QED) is 0.573. The summed E-state index contributed by atoms with van der Waals surface area (Å²) in [7, 11) is 1.64. The van der Waals surface area contributed by atoms with Crippen LogP contribution in [0.15, 0.2) is 60.7 Å². The highest BCUT2D eigenvalue weighted by molar-refractivity contribution is 5.95. The van der Waals surface area contributed by atoms with E-state index in [1.807, 2.05) is 61.5 Å². The fourth-order valence-electron chi connectivity index (χ4n) is 3.29. The fourth-order valence-corrected chi connectivity index (χ4v) is 3.29. The zero-order chi connectivity index (χ0) is 20.6. The summed E-state index contributed by atoms with van der Waals surface area (Å²) in [5.41, 5.74) is 1.89. The molecule has 0 aliphatic heterocycles. The molecule has 0 aliphatic rings. The molecule has 0 saturated heterocycles. The van der Waals surface area contributed by atoms with Crippen LogP contribution in [0.4, 0.5) is 5.69 Å². The van der Waals surface area contributed by atoms with Crippen LogP contribution in [0.2, 0.25) is 0 Å². The molecule has 0 heterocycles. The van der Waals surface area contributed by atoms with E-state index in [4.69, 9.17) is 9.47 Å². The molecule has 0 aliphatic carbocycles. The van der Waals surface area contributed by atoms with Gasteiger partial charge in [-0.3, -0.25) is 9.69 Å². The SMILES string of the molecule is CCOc1ccc(CN(CC)CC(=O)Nc2ccc3ccccc3c2)cc1OC. The number of fused-ring (bicyclic) bond motifs is 1. The lowest BCUT2D eigenvalue weighted by Crippen LogP contribution is -2.32. The lowest BCUT2D eigenvalue weighted by atomic mass is 10.1. The number of carbonyl (C=O) groups is 1. The van der Waals surface area contributed by atoms with Crippen LogP contribution in [0.1, 0.15) is 19.4 Å². The maximum atomic E-state index is 12.6. The Labute approximate surface area is 172 Å². The Morgan fingerprint density at radius 2 is 1.76 bits per heavy atom. The van der Waals surface area contributed by atoms with Gasteiger partial charge in [-0.25, -0.2) is 0 Å². The van der Waals surface area contributed by atoms with E-state index in [2.05, 4.69) is 23.2 Å². The topological polar surface area (TPSA) is 50.8 Å². The van der Waals surface area contributed by atoms with Crippen molar-refractivity contribution in [2.75, 3.05) is 32.1 Å². The second-order valence-electron chi connectivity index (χ2n) is 6.83. The summed E-state index contributed by atoms with van der Waals surface area (Å²) in [6.45, 7) is 6.32. The molecule has 152 valence electrons. The number of methoxy groups -OCH3 is 1. The van der Waals surface area contributed by atoms with Crippen LogP contribution in [-0.4, -0.2) is 37.6 Å². The van der Waals surface area contributed by atoms with Crippen LogP contribution >= 0.6 is 0 Å². The van der Waals surface area contributed by atoms with Gasteiger partial charge in [0.1, 0.15) is 0 Å². The third-order valence-corrected chi connectivity index (χ3v) is 4.78. The molecule has 0 radical (unpaired) electrons. The molecule has 0 atom stereocenters. The summed E-state index contributed by atoms with van der Waals surface area (Å²) in [6.07, 6.45) is 0. The van der Waals surface area contributed by atoms with E-state index < -0.39 is 0 Å². The predicted molar refractivity (Wildman–Crippen MR) is 118 cm³/mol. The van der Waals surface area contributed by atoms with Crippen LogP contribution in [0.5, 0.6) is 11.5 Å². The summed E-state index contributed by atoms with van der Waals surface area (Å²) in [5.74, 6) is 1.41. The van der Waals surface area contributed by atoms with Crippen molar-refractivity contribution in [3.8, 4) is 11.5 Å². The highest BCUT2D eigenvalue weighted by atomic mass is 16.5. The maximum absolute atomic E-state index is 12.6. The lowest BCUT2D eigenvalue weighted by Gasteiger charge is -2.21. The Balaban J connectivity index is 1.63. The predicted octanol–water partition coefficient (Wildman–Crippen LogP) is 4.71. The molecule has 0 bridgehead atoms. The van der Waals surface area contributed by atoms with Gasteiger partial charge in [-0.1, -0.05) is 43.3 Å². The molecule has 0 fully saturated rings. The van der Waals surface area contributed by atoms with Gasteiger partial charge in [-0.05, 0) is 54.1 Å². The summed E-state index contributed by atoms with van der Waals surface area (Å²) < 4.78 is 11.0. The number of hydrogen-bond donors (Lipinski definition) is 1. The minimum atomic E-state index is -0.0277. The first kappa shape index (κ1) is 20.7. The molecule has 5 nitrogen and oxygen atoms in total. The minimum absolute atomic E-state index is 0.0277. The number of rotatable bonds is 9. The van der Waals surface area contributed by atoms with Gasteiger partial charge in [0, 0.05) is 12.2 Å². The number of amides is 1. The Morgan fingerprint density at radius 1 is 0.966 bits per heavy atom. The van der Waals surface area contributed by atoms with Crippen molar-refractivity contribution in [2.24, 2.45) is 0 Å². The van der Waals surface area contributed by atoms with Crippen molar-refractivity contribution < 1.29 is 14.3 Å². The third kappa shape index (κ3) is 5.48. The van der Waals surface area contributed by atoms with Crippen LogP contribution in [0.25, 0.3) is 10.8 Å². The number of benzene rings is 3. The molecule has 3 aromatic carbocycles. The van der Waals surface area contributed by atoms with Crippen LogP contribution < -0.4 is 14.8 Å². The first-order valence-corrected chi connectivity index (χ1v) is 9.93. The normalized spacial score (nSPS) is 10.9. The Hall–Kier alpha value is -3.05. The summed E-state index contributed by atoms with van der Waals surface area (Å²) in [5, 5.41) is 5.28. The van der Waals surface area contributed by atoms with E-state index in [1.165, 1.54) is 0 Å². The van der Waals surface area contributed by atoms with Gasteiger partial charge in [-0.15, -0.1) is 0 Å². The molecule has 0 aromatic heterocycles. The Bertz CT molecular complexity index is 971. The van der Waals surface area contributed by atoms with E-state index >= 15 is 0 Å². The standard InChI is InChI=1S/C24H28N2O3/c1-4-26(16-18-10-13-22(29-5-2)23(14-18)28-3)17-24(27)25-21-12-11-19-8-6-7-9-20(19)15-21/h6-15H,4-5,16-17H2,1-3H3,(H,25,27). The molecule has 29 heavy (non-hydrogen) atoms. The van der Waals surface area contributed by atoms with E-state index in [9.17, 15) is 4.79 Å². The monoisotopic (exact) mass is 392 g/mol. The number of carbonyl (C=O) groups excluding carboxylic acids is 1. The van der Waals surface area contributed by atoms with E-state index in [0.717, 1.165) is 34.3 Å². The van der Waals surface area contributed by atoms with Gasteiger partial charge >= 0.3 is 0 Å². The van der Waals surface area contributed by atoms with E-state index in [0.29, 0.717) is 25.4 Å². The van der Waals surface area contributed by atoms with Gasteiger partial charge in [0.05, 0.1) is 20.3 Å². The number of likely N-dealkylation sites (N-methyl/N-ethyl adjacent to an activating group) is 1. The second kappa shape index (κ2) is 9.94. The Kier molecular flexibility index (Phi) is 7.09. The molecule has 1 N–H and O–H groups in total. The lowest BCUT2D eigenvalue weighted by molar-refractivity contribution is -0.117. The fraction of sp³-hybridized carbons (Fsp3) is 0.292. The molecular formula is C24H28N2O3. The zero-order valence-electron chi connectivity index (χ0n) is 17.3. The van der Waals surface area contributed by atoms with Gasteiger partial charge < -0.3 is 14.8 Å². The Morgan fingerprint density at radius 3 is 2.48 bits per heavy atom. The molecule has 3 aromatic rings. The van der Waals surface area contributed by atoms with E-state index in [1.54, 1.807) is 7.11 Å². The van der Waals surface area contributed by atoms with Crippen LogP contribution in [0.3, 0.4) is 0 Å². The number of nitrogens with zero attached hydrogens (tertiary/aromatic N) is 1. The van der Waals surface area contributed by atoms with Gasteiger partial charge in [0.15, 0.2) is 11.5 Å². The number of hydrogen-bond acceptors (Lipinski definition) is 4. The van der Waals surface area contributed by atoms with Gasteiger partial charge in [-0.2, -0.15) is 0 Å². The summed E-state index contributed by atoms with van der Waals surface area (Å²) in [6, 6.07) is 20.0. The first-order valence-electron chi connectivity index (χ1n) is 9.93. The molecular weight excluding hydrogens is 364 g/mol. The van der Waals surface area contributed by atoms with E-state index in [-0.39, 0.29) is 5.91 Å². The van der Waals surface area contributed by atoms with Crippen LogP contribution in [0, 0.1) is 0 Å². The zero-order valence-corrected chi connectivity index (χ0v) is 17.3. The molecule has 1 amide bonds. The average Bonchev–Trinajstić information content (AvgIpc) is 2.74. The first-order chi connectivity index (χ1) is 14.1. The number of nitrogens with one attached hydrogen (secondary N) is 1. The molecule has 5 heteroatoms. The van der Waals surface area contributed by atoms with Crippen molar-refractivity contribution in [1.82, 2.24) is 4.90 Å². The van der Waals surface area contributed by atoms with Crippen molar-refractivity contribution in [3.63, 3.8) is 0 Å². The molecule has 0 spiro atoms. The smallest absolute Gasteiger partial charge is 0.238 e. The number of anilines is 1. The summed E-state index contributed by atoms with van der Waals surface area (Å²) in [4.78, 5) is 14.7. The molecule has 0 saturated carbocycles. The van der Waals surface area contributed by atoms with Gasteiger partial charge in [0.2, 0.25) is 5.91 Å². The molecule has 0 unspecified atom stereocenters. The van der Waals surface area contributed by atoms with Crippen molar-refractivity contribution in [3.05, 3.63) is 66.2 Å². The van der Waals surface area contributed by atoms with Crippen molar-refractivity contribution in [2.45, 2.75) is 20.4 Å². The minimum Gasteiger partial charge on any atom is -0.493 e. The van der Waals surface area contributed by atoms with Crippen molar-refractivity contribution >= 4 is 22.4 Å². The highest BCUT2D eigenvalue weighted by Gasteiger charge is 2.12. The number of ether oxygens (including phenoxy) is 2.